The molecule has 0 aliphatic carbocycles. The van der Waals surface area contributed by atoms with Crippen LogP contribution in [-0.4, -0.2) is 23.7 Å². The Morgan fingerprint density at radius 3 is 2.52 bits per heavy atom. The van der Waals surface area contributed by atoms with E-state index in [1.807, 2.05) is 13.8 Å². The normalized spacial score (nSPS) is 23.2. The molecule has 1 saturated heterocycles. The summed E-state index contributed by atoms with van der Waals surface area (Å²) >= 11 is 0. The fourth-order valence-corrected chi connectivity index (χ4v) is 2.77. The van der Waals surface area contributed by atoms with E-state index in [1.54, 1.807) is 4.90 Å². The molecule has 1 N–H and O–H groups in total. The summed E-state index contributed by atoms with van der Waals surface area (Å²) < 4.78 is 39.8. The number of rotatable bonds is 2. The van der Waals surface area contributed by atoms with Gasteiger partial charge in [-0.15, -0.1) is 0 Å². The quantitative estimate of drug-likeness (QED) is 0.896. The Morgan fingerprint density at radius 1 is 1.29 bits per heavy atom. The van der Waals surface area contributed by atoms with Crippen molar-refractivity contribution < 1.29 is 23.1 Å². The van der Waals surface area contributed by atoms with Gasteiger partial charge in [0, 0.05) is 18.3 Å². The zero-order chi connectivity index (χ0) is 15.8. The average molecular weight is 301 g/mol. The van der Waals surface area contributed by atoms with Crippen LogP contribution in [0.2, 0.25) is 0 Å². The van der Waals surface area contributed by atoms with Crippen LogP contribution < -0.4 is 4.90 Å². The number of benzene rings is 1. The van der Waals surface area contributed by atoms with E-state index in [0.717, 1.165) is 18.9 Å². The standard InChI is InChI=1S/C15H18F3NO2/c1-9-3-4-10(2)19(8-9)13-6-5-11(14(20)21)7-12(13)15(16,17)18/h5-7,9-10H,3-4,8H2,1-2H3,(H,20,21). The van der Waals surface area contributed by atoms with E-state index < -0.39 is 17.7 Å². The summed E-state index contributed by atoms with van der Waals surface area (Å²) in [6.07, 6.45) is -2.74. The molecule has 1 aromatic carbocycles. The van der Waals surface area contributed by atoms with Gasteiger partial charge in [-0.2, -0.15) is 13.2 Å². The first-order valence-corrected chi connectivity index (χ1v) is 6.91. The largest absolute Gasteiger partial charge is 0.478 e. The molecule has 0 saturated carbocycles. The Balaban J connectivity index is 2.49. The lowest BCUT2D eigenvalue weighted by Crippen LogP contribution is -2.42. The minimum atomic E-state index is -4.57. The zero-order valence-corrected chi connectivity index (χ0v) is 11.9. The first-order chi connectivity index (χ1) is 9.70. The minimum absolute atomic E-state index is 0.0120. The monoisotopic (exact) mass is 301 g/mol. The number of hydrogen-bond acceptors (Lipinski definition) is 2. The van der Waals surface area contributed by atoms with Crippen LogP contribution in [0.25, 0.3) is 0 Å². The number of hydrogen-bond donors (Lipinski definition) is 1. The van der Waals surface area contributed by atoms with Crippen molar-refractivity contribution in [3.05, 3.63) is 29.3 Å². The first-order valence-electron chi connectivity index (χ1n) is 6.91. The topological polar surface area (TPSA) is 40.5 Å². The summed E-state index contributed by atoms with van der Waals surface area (Å²) in [4.78, 5) is 12.6. The number of carbonyl (C=O) groups is 1. The third-order valence-corrected chi connectivity index (χ3v) is 3.98. The Morgan fingerprint density at radius 2 is 1.95 bits per heavy atom. The highest BCUT2D eigenvalue weighted by Gasteiger charge is 2.37. The van der Waals surface area contributed by atoms with Crippen LogP contribution in [0.1, 0.15) is 42.6 Å². The summed E-state index contributed by atoms with van der Waals surface area (Å²) in [5.41, 5.74) is -1.14. The molecule has 2 rings (SSSR count). The fourth-order valence-electron chi connectivity index (χ4n) is 2.77. The van der Waals surface area contributed by atoms with Gasteiger partial charge in [0.25, 0.3) is 0 Å². The lowest BCUT2D eigenvalue weighted by molar-refractivity contribution is -0.137. The smallest absolute Gasteiger partial charge is 0.418 e. The van der Waals surface area contributed by atoms with Crippen molar-refractivity contribution in [1.29, 1.82) is 0 Å². The van der Waals surface area contributed by atoms with E-state index in [-0.39, 0.29) is 17.3 Å². The Kier molecular flexibility index (Phi) is 4.16. The van der Waals surface area contributed by atoms with Gasteiger partial charge in [-0.05, 0) is 43.9 Å². The van der Waals surface area contributed by atoms with E-state index >= 15 is 0 Å². The van der Waals surface area contributed by atoms with E-state index in [0.29, 0.717) is 12.5 Å². The third kappa shape index (κ3) is 3.31. The van der Waals surface area contributed by atoms with Gasteiger partial charge < -0.3 is 10.0 Å². The number of anilines is 1. The summed E-state index contributed by atoms with van der Waals surface area (Å²) in [6, 6.07) is 3.25. The Labute approximate surface area is 121 Å². The molecule has 2 unspecified atom stereocenters. The van der Waals surface area contributed by atoms with Gasteiger partial charge in [0.05, 0.1) is 11.1 Å². The Hall–Kier alpha value is -1.72. The predicted octanol–water partition coefficient (Wildman–Crippen LogP) is 4.03. The second kappa shape index (κ2) is 5.58. The first kappa shape index (κ1) is 15.7. The van der Waals surface area contributed by atoms with Crippen LogP contribution in [0.4, 0.5) is 18.9 Å². The maximum atomic E-state index is 13.3. The summed E-state index contributed by atoms with van der Waals surface area (Å²) in [5.74, 6) is -1.03. The molecule has 2 atom stereocenters. The maximum absolute atomic E-state index is 13.3. The lowest BCUT2D eigenvalue weighted by Gasteiger charge is -2.39. The summed E-state index contributed by atoms with van der Waals surface area (Å²) in [5, 5.41) is 8.89. The predicted molar refractivity (Wildman–Crippen MR) is 73.6 cm³/mol. The SMILES string of the molecule is CC1CCC(C)N(c2ccc(C(=O)O)cc2C(F)(F)F)C1. The van der Waals surface area contributed by atoms with E-state index in [9.17, 15) is 18.0 Å². The molecule has 6 heteroatoms. The van der Waals surface area contributed by atoms with Crippen molar-refractivity contribution in [2.24, 2.45) is 5.92 Å². The van der Waals surface area contributed by atoms with Crippen molar-refractivity contribution >= 4 is 11.7 Å². The molecular weight excluding hydrogens is 283 g/mol. The van der Waals surface area contributed by atoms with Crippen molar-refractivity contribution in [2.75, 3.05) is 11.4 Å². The van der Waals surface area contributed by atoms with Gasteiger partial charge in [-0.25, -0.2) is 4.79 Å². The second-order valence-electron chi connectivity index (χ2n) is 5.72. The van der Waals surface area contributed by atoms with Crippen LogP contribution in [0, 0.1) is 5.92 Å². The molecule has 0 spiro atoms. The highest BCUT2D eigenvalue weighted by Crippen LogP contribution is 2.39. The van der Waals surface area contributed by atoms with Crippen LogP contribution in [-0.2, 0) is 6.18 Å². The van der Waals surface area contributed by atoms with E-state index in [4.69, 9.17) is 5.11 Å². The summed E-state index contributed by atoms with van der Waals surface area (Å²) in [6.45, 7) is 4.46. The highest BCUT2D eigenvalue weighted by atomic mass is 19.4. The number of aromatic carboxylic acids is 1. The maximum Gasteiger partial charge on any atom is 0.418 e. The van der Waals surface area contributed by atoms with Crippen LogP contribution >= 0.6 is 0 Å². The van der Waals surface area contributed by atoms with E-state index in [2.05, 4.69) is 0 Å². The Bertz CT molecular complexity index is 542. The highest BCUT2D eigenvalue weighted by molar-refractivity contribution is 5.88. The lowest BCUT2D eigenvalue weighted by atomic mass is 9.93. The minimum Gasteiger partial charge on any atom is -0.478 e. The van der Waals surface area contributed by atoms with Crippen molar-refractivity contribution in [3.63, 3.8) is 0 Å². The van der Waals surface area contributed by atoms with Gasteiger partial charge in [0.1, 0.15) is 0 Å². The van der Waals surface area contributed by atoms with Gasteiger partial charge in [-0.3, -0.25) is 0 Å². The van der Waals surface area contributed by atoms with E-state index in [1.165, 1.54) is 12.1 Å². The molecule has 1 aliphatic heterocycles. The number of piperidine rings is 1. The summed E-state index contributed by atoms with van der Waals surface area (Å²) in [7, 11) is 0. The third-order valence-electron chi connectivity index (χ3n) is 3.98. The van der Waals surface area contributed by atoms with Crippen molar-refractivity contribution in [1.82, 2.24) is 0 Å². The average Bonchev–Trinajstić information content (AvgIpc) is 2.40. The van der Waals surface area contributed by atoms with Crippen molar-refractivity contribution in [3.8, 4) is 0 Å². The second-order valence-corrected chi connectivity index (χ2v) is 5.72. The zero-order valence-electron chi connectivity index (χ0n) is 11.9. The van der Waals surface area contributed by atoms with Crippen molar-refractivity contribution in [2.45, 2.75) is 38.9 Å². The van der Waals surface area contributed by atoms with Crippen LogP contribution in [0.3, 0.4) is 0 Å². The molecule has 1 fully saturated rings. The number of carboxylic acid groups (broad SMARTS) is 1. The molecule has 1 heterocycles. The molecule has 1 aliphatic rings. The molecule has 116 valence electrons. The number of carboxylic acids is 1. The molecule has 0 amide bonds. The number of halogens is 3. The van der Waals surface area contributed by atoms with Crippen LogP contribution in [0.15, 0.2) is 18.2 Å². The van der Waals surface area contributed by atoms with Gasteiger partial charge in [0.2, 0.25) is 0 Å². The molecule has 0 radical (unpaired) electrons. The van der Waals surface area contributed by atoms with Crippen LogP contribution in [0.5, 0.6) is 0 Å². The van der Waals surface area contributed by atoms with Gasteiger partial charge in [0.15, 0.2) is 0 Å². The number of nitrogens with zero attached hydrogens (tertiary/aromatic N) is 1. The molecule has 0 bridgehead atoms. The fraction of sp³-hybridized carbons (Fsp3) is 0.533. The molecule has 21 heavy (non-hydrogen) atoms. The van der Waals surface area contributed by atoms with Gasteiger partial charge in [-0.1, -0.05) is 6.92 Å². The number of alkyl halides is 3. The molecule has 3 nitrogen and oxygen atoms in total. The molecular formula is C15H18F3NO2. The molecule has 1 aromatic rings. The van der Waals surface area contributed by atoms with Gasteiger partial charge >= 0.3 is 12.1 Å². The molecule has 0 aromatic heterocycles.